The summed E-state index contributed by atoms with van der Waals surface area (Å²) in [6.45, 7) is 0.594. The van der Waals surface area contributed by atoms with Crippen molar-refractivity contribution in [3.8, 4) is 5.75 Å². The number of amides is 2. The van der Waals surface area contributed by atoms with Crippen molar-refractivity contribution in [2.45, 2.75) is 25.4 Å². The minimum absolute atomic E-state index is 0.0878. The first-order valence-corrected chi connectivity index (χ1v) is 8.16. The minimum atomic E-state index is -0.569. The standard InChI is InChI=1S/C17H20N4O5/c1-24-9-14-20-16(26-21-14)5-6-18-17(23)12-8-15(22)19-13-4-3-10(25-2)7-11(12)13/h3-4,7,12H,5-6,8-9H2,1-2H3,(H,18,23)(H,19,22). The summed E-state index contributed by atoms with van der Waals surface area (Å²) < 4.78 is 15.2. The summed E-state index contributed by atoms with van der Waals surface area (Å²) in [5.41, 5.74) is 1.37. The van der Waals surface area contributed by atoms with Crippen molar-refractivity contribution in [2.75, 3.05) is 26.1 Å². The molecule has 0 radical (unpaired) electrons. The van der Waals surface area contributed by atoms with E-state index in [2.05, 4.69) is 20.8 Å². The van der Waals surface area contributed by atoms with Gasteiger partial charge in [-0.15, -0.1) is 0 Å². The number of aromatic nitrogens is 2. The van der Waals surface area contributed by atoms with Gasteiger partial charge in [0.1, 0.15) is 12.4 Å². The van der Waals surface area contributed by atoms with Gasteiger partial charge in [0.2, 0.25) is 17.7 Å². The van der Waals surface area contributed by atoms with Crippen molar-refractivity contribution < 1.29 is 23.6 Å². The lowest BCUT2D eigenvalue weighted by Gasteiger charge is -2.25. The quantitative estimate of drug-likeness (QED) is 0.757. The third-order valence-electron chi connectivity index (χ3n) is 4.04. The number of carbonyl (C=O) groups is 2. The minimum Gasteiger partial charge on any atom is -0.497 e. The Morgan fingerprint density at radius 2 is 2.27 bits per heavy atom. The van der Waals surface area contributed by atoms with Crippen molar-refractivity contribution in [1.82, 2.24) is 15.5 Å². The molecule has 2 amide bonds. The summed E-state index contributed by atoms with van der Waals surface area (Å²) in [6, 6.07) is 5.25. The number of hydrogen-bond acceptors (Lipinski definition) is 7. The highest BCUT2D eigenvalue weighted by molar-refractivity contribution is 6.01. The fourth-order valence-corrected chi connectivity index (χ4v) is 2.80. The van der Waals surface area contributed by atoms with Crippen LogP contribution >= 0.6 is 0 Å². The smallest absolute Gasteiger partial charge is 0.228 e. The van der Waals surface area contributed by atoms with E-state index in [0.717, 1.165) is 5.56 Å². The lowest BCUT2D eigenvalue weighted by Crippen LogP contribution is -2.36. The number of rotatable bonds is 7. The van der Waals surface area contributed by atoms with E-state index in [1.807, 2.05) is 0 Å². The summed E-state index contributed by atoms with van der Waals surface area (Å²) in [5, 5.41) is 9.36. The van der Waals surface area contributed by atoms with Crippen molar-refractivity contribution in [1.29, 1.82) is 0 Å². The highest BCUT2D eigenvalue weighted by Crippen LogP contribution is 2.34. The fraction of sp³-hybridized carbons (Fsp3) is 0.412. The molecule has 1 aliphatic heterocycles. The van der Waals surface area contributed by atoms with Crippen LogP contribution in [0.15, 0.2) is 22.7 Å². The van der Waals surface area contributed by atoms with Crippen molar-refractivity contribution in [3.63, 3.8) is 0 Å². The number of fused-ring (bicyclic) bond motifs is 1. The molecule has 3 rings (SSSR count). The maximum Gasteiger partial charge on any atom is 0.228 e. The van der Waals surface area contributed by atoms with E-state index in [4.69, 9.17) is 14.0 Å². The largest absolute Gasteiger partial charge is 0.497 e. The molecule has 1 aromatic carbocycles. The number of anilines is 1. The van der Waals surface area contributed by atoms with Crippen LogP contribution in [0.2, 0.25) is 0 Å². The third-order valence-corrected chi connectivity index (χ3v) is 4.04. The van der Waals surface area contributed by atoms with Crippen LogP contribution in [0.3, 0.4) is 0 Å². The SMILES string of the molecule is COCc1noc(CCNC(=O)C2CC(=O)Nc3ccc(OC)cc32)n1. The molecule has 1 unspecified atom stereocenters. The predicted octanol–water partition coefficient (Wildman–Crippen LogP) is 1.01. The Morgan fingerprint density at radius 1 is 1.42 bits per heavy atom. The maximum absolute atomic E-state index is 12.6. The summed E-state index contributed by atoms with van der Waals surface area (Å²) in [4.78, 5) is 28.6. The first kappa shape index (κ1) is 17.9. The summed E-state index contributed by atoms with van der Waals surface area (Å²) in [7, 11) is 3.10. The first-order valence-electron chi connectivity index (χ1n) is 8.16. The van der Waals surface area contributed by atoms with Gasteiger partial charge < -0.3 is 24.6 Å². The number of benzene rings is 1. The van der Waals surface area contributed by atoms with Crippen LogP contribution in [0, 0.1) is 0 Å². The van der Waals surface area contributed by atoms with Gasteiger partial charge in [0.25, 0.3) is 0 Å². The van der Waals surface area contributed by atoms with Crippen molar-refractivity contribution in [3.05, 3.63) is 35.5 Å². The molecule has 1 atom stereocenters. The number of nitrogens with zero attached hydrogens (tertiary/aromatic N) is 2. The number of ether oxygens (including phenoxy) is 2. The number of carbonyl (C=O) groups excluding carboxylic acids is 2. The zero-order chi connectivity index (χ0) is 18.5. The average Bonchev–Trinajstić information content (AvgIpc) is 3.08. The highest BCUT2D eigenvalue weighted by Gasteiger charge is 2.31. The third kappa shape index (κ3) is 3.99. The van der Waals surface area contributed by atoms with E-state index in [1.165, 1.54) is 0 Å². The molecule has 1 aliphatic rings. The summed E-state index contributed by atoms with van der Waals surface area (Å²) in [6.07, 6.45) is 0.483. The lowest BCUT2D eigenvalue weighted by molar-refractivity contribution is -0.126. The molecule has 2 aromatic rings. The van der Waals surface area contributed by atoms with E-state index in [-0.39, 0.29) is 24.8 Å². The molecular formula is C17H20N4O5. The van der Waals surface area contributed by atoms with E-state index in [1.54, 1.807) is 32.4 Å². The molecule has 2 heterocycles. The van der Waals surface area contributed by atoms with E-state index < -0.39 is 5.92 Å². The van der Waals surface area contributed by atoms with Crippen LogP contribution in [-0.2, 0) is 27.4 Å². The van der Waals surface area contributed by atoms with E-state index in [9.17, 15) is 9.59 Å². The molecule has 0 saturated heterocycles. The lowest BCUT2D eigenvalue weighted by atomic mass is 9.89. The zero-order valence-corrected chi connectivity index (χ0v) is 14.6. The predicted molar refractivity (Wildman–Crippen MR) is 90.7 cm³/mol. The Labute approximate surface area is 150 Å². The zero-order valence-electron chi connectivity index (χ0n) is 14.6. The molecule has 0 spiro atoms. The molecule has 1 aromatic heterocycles. The molecule has 0 saturated carbocycles. The molecule has 0 aliphatic carbocycles. The summed E-state index contributed by atoms with van der Waals surface area (Å²) in [5.74, 6) is 0.518. The monoisotopic (exact) mass is 360 g/mol. The topological polar surface area (TPSA) is 116 Å². The number of nitrogens with one attached hydrogen (secondary N) is 2. The second-order valence-electron chi connectivity index (χ2n) is 5.84. The van der Waals surface area contributed by atoms with Crippen LogP contribution in [0.25, 0.3) is 0 Å². The van der Waals surface area contributed by atoms with Gasteiger partial charge in [-0.1, -0.05) is 5.16 Å². The van der Waals surface area contributed by atoms with Gasteiger partial charge in [-0.3, -0.25) is 9.59 Å². The van der Waals surface area contributed by atoms with Crippen LogP contribution in [0.1, 0.15) is 29.6 Å². The normalized spacial score (nSPS) is 15.9. The molecule has 138 valence electrons. The number of hydrogen-bond donors (Lipinski definition) is 2. The second-order valence-corrected chi connectivity index (χ2v) is 5.84. The highest BCUT2D eigenvalue weighted by atomic mass is 16.5. The molecular weight excluding hydrogens is 340 g/mol. The van der Waals surface area contributed by atoms with Gasteiger partial charge in [0.15, 0.2) is 5.82 Å². The summed E-state index contributed by atoms with van der Waals surface area (Å²) >= 11 is 0. The Balaban J connectivity index is 1.63. The van der Waals surface area contributed by atoms with Gasteiger partial charge in [0.05, 0.1) is 13.0 Å². The van der Waals surface area contributed by atoms with Crippen LogP contribution in [0.5, 0.6) is 5.75 Å². The van der Waals surface area contributed by atoms with Crippen LogP contribution < -0.4 is 15.4 Å². The molecule has 2 N–H and O–H groups in total. The Morgan fingerprint density at radius 3 is 3.04 bits per heavy atom. The van der Waals surface area contributed by atoms with Gasteiger partial charge in [-0.05, 0) is 23.8 Å². The van der Waals surface area contributed by atoms with Gasteiger partial charge >= 0.3 is 0 Å². The first-order chi connectivity index (χ1) is 12.6. The molecule has 9 heteroatoms. The van der Waals surface area contributed by atoms with Gasteiger partial charge in [-0.25, -0.2) is 0 Å². The number of methoxy groups -OCH3 is 2. The van der Waals surface area contributed by atoms with Crippen molar-refractivity contribution in [2.24, 2.45) is 0 Å². The Hall–Kier alpha value is -2.94. The molecule has 0 fully saturated rings. The molecule has 0 bridgehead atoms. The Kier molecular flexibility index (Phi) is 5.47. The Bertz CT molecular complexity index is 804. The van der Waals surface area contributed by atoms with E-state index in [0.29, 0.717) is 36.1 Å². The second kappa shape index (κ2) is 7.96. The van der Waals surface area contributed by atoms with Crippen LogP contribution in [0.4, 0.5) is 5.69 Å². The molecule has 9 nitrogen and oxygen atoms in total. The van der Waals surface area contributed by atoms with Crippen LogP contribution in [-0.4, -0.2) is 42.7 Å². The van der Waals surface area contributed by atoms with Crippen molar-refractivity contribution >= 4 is 17.5 Å². The fourth-order valence-electron chi connectivity index (χ4n) is 2.80. The maximum atomic E-state index is 12.6. The van der Waals surface area contributed by atoms with E-state index >= 15 is 0 Å². The molecule has 26 heavy (non-hydrogen) atoms. The van der Waals surface area contributed by atoms with Gasteiger partial charge in [-0.2, -0.15) is 4.98 Å². The average molecular weight is 360 g/mol. The van der Waals surface area contributed by atoms with Gasteiger partial charge in [0, 0.05) is 32.2 Å².